The van der Waals surface area contributed by atoms with Crippen molar-refractivity contribution in [3.63, 3.8) is 0 Å². The molecule has 1 fully saturated rings. The summed E-state index contributed by atoms with van der Waals surface area (Å²) in [5.74, 6) is 1.69. The highest BCUT2D eigenvalue weighted by atomic mass is 15.1. The maximum Gasteiger partial charge on any atom is 0.144 e. The van der Waals surface area contributed by atoms with Crippen LogP contribution in [0.2, 0.25) is 0 Å². The van der Waals surface area contributed by atoms with Gasteiger partial charge in [0.2, 0.25) is 0 Å². The molecule has 1 saturated heterocycles. The van der Waals surface area contributed by atoms with E-state index < -0.39 is 0 Å². The molecule has 4 heteroatoms. The Kier molecular flexibility index (Phi) is 4.53. The van der Waals surface area contributed by atoms with Crippen LogP contribution < -0.4 is 5.32 Å². The topological polar surface area (TPSA) is 41.0 Å². The Labute approximate surface area is 110 Å². The lowest BCUT2D eigenvalue weighted by Gasteiger charge is -2.31. The molecule has 0 saturated carbocycles. The monoisotopic (exact) mass is 248 g/mol. The maximum absolute atomic E-state index is 4.50. The Morgan fingerprint density at radius 3 is 2.61 bits per heavy atom. The molecule has 0 unspecified atom stereocenters. The quantitative estimate of drug-likeness (QED) is 0.887. The van der Waals surface area contributed by atoms with Gasteiger partial charge in [-0.05, 0) is 52.2 Å². The van der Waals surface area contributed by atoms with Crippen molar-refractivity contribution in [3.05, 3.63) is 17.6 Å². The van der Waals surface area contributed by atoms with Gasteiger partial charge in [0.25, 0.3) is 0 Å². The lowest BCUT2D eigenvalue weighted by atomic mass is 9.97. The molecule has 0 amide bonds. The predicted molar refractivity (Wildman–Crippen MR) is 74.8 cm³/mol. The van der Waals surface area contributed by atoms with Crippen LogP contribution >= 0.6 is 0 Å². The minimum atomic E-state index is 0.774. The van der Waals surface area contributed by atoms with Gasteiger partial charge in [-0.15, -0.1) is 0 Å². The van der Waals surface area contributed by atoms with Crippen LogP contribution in [0.4, 0.5) is 5.82 Å². The molecule has 1 aliphatic heterocycles. The summed E-state index contributed by atoms with van der Waals surface area (Å²) in [6, 6.07) is 0. The number of rotatable bonds is 4. The minimum Gasteiger partial charge on any atom is -0.369 e. The van der Waals surface area contributed by atoms with Gasteiger partial charge in [0, 0.05) is 6.54 Å². The van der Waals surface area contributed by atoms with E-state index in [1.54, 1.807) is 0 Å². The molecule has 18 heavy (non-hydrogen) atoms. The fourth-order valence-electron chi connectivity index (χ4n) is 2.38. The Bertz CT molecular complexity index is 383. The van der Waals surface area contributed by atoms with Gasteiger partial charge in [0.15, 0.2) is 0 Å². The summed E-state index contributed by atoms with van der Waals surface area (Å²) in [5.41, 5.74) is 2.03. The molecule has 0 radical (unpaired) electrons. The Morgan fingerprint density at radius 2 is 2.00 bits per heavy atom. The third-order valence-corrected chi connectivity index (χ3v) is 3.92. The smallest absolute Gasteiger partial charge is 0.144 e. The van der Waals surface area contributed by atoms with Crippen LogP contribution in [0.1, 0.15) is 31.2 Å². The molecule has 0 bridgehead atoms. The van der Waals surface area contributed by atoms with Crippen LogP contribution in [0.3, 0.4) is 0 Å². The average Bonchev–Trinajstić information content (AvgIpc) is 2.41. The number of aromatic nitrogens is 2. The van der Waals surface area contributed by atoms with Crippen molar-refractivity contribution in [1.29, 1.82) is 0 Å². The van der Waals surface area contributed by atoms with Gasteiger partial charge in [-0.1, -0.05) is 6.92 Å². The summed E-state index contributed by atoms with van der Waals surface area (Å²) in [7, 11) is 0. The molecule has 0 aliphatic carbocycles. The fourth-order valence-corrected chi connectivity index (χ4v) is 2.38. The normalized spacial score (nSPS) is 17.9. The highest BCUT2D eigenvalue weighted by Gasteiger charge is 2.17. The molecule has 1 aliphatic rings. The van der Waals surface area contributed by atoms with E-state index in [0.717, 1.165) is 29.7 Å². The van der Waals surface area contributed by atoms with E-state index in [1.165, 1.54) is 32.5 Å². The first-order valence-electron chi connectivity index (χ1n) is 6.95. The zero-order valence-corrected chi connectivity index (χ0v) is 11.7. The van der Waals surface area contributed by atoms with Gasteiger partial charge in [0.05, 0.1) is 17.6 Å². The molecule has 1 aromatic rings. The minimum absolute atomic E-state index is 0.774. The summed E-state index contributed by atoms with van der Waals surface area (Å²) in [6.07, 6.45) is 4.42. The van der Waals surface area contributed by atoms with E-state index in [1.807, 2.05) is 20.0 Å². The highest BCUT2D eigenvalue weighted by molar-refractivity contribution is 5.33. The number of hydrogen-bond acceptors (Lipinski definition) is 4. The molecule has 100 valence electrons. The fraction of sp³-hybridized carbons (Fsp3) is 0.714. The van der Waals surface area contributed by atoms with Crippen LogP contribution in [0.15, 0.2) is 6.20 Å². The van der Waals surface area contributed by atoms with Crippen LogP contribution in [0, 0.1) is 19.8 Å². The van der Waals surface area contributed by atoms with Crippen molar-refractivity contribution in [2.24, 2.45) is 5.92 Å². The van der Waals surface area contributed by atoms with Gasteiger partial charge in [0.1, 0.15) is 5.82 Å². The molecule has 4 nitrogen and oxygen atoms in total. The second-order valence-electron chi connectivity index (χ2n) is 5.18. The first-order chi connectivity index (χ1) is 8.69. The second-order valence-corrected chi connectivity index (χ2v) is 5.18. The standard InChI is InChI=1S/C14H24N4/c1-4-18-7-5-13(6-8-18)9-16-14-10-15-11(2)12(3)17-14/h10,13H,4-9H2,1-3H3,(H,16,17). The van der Waals surface area contributed by atoms with Crippen LogP contribution in [-0.4, -0.2) is 41.0 Å². The number of piperidine rings is 1. The Hall–Kier alpha value is -1.16. The number of nitrogens with zero attached hydrogens (tertiary/aromatic N) is 3. The third kappa shape index (κ3) is 3.42. The van der Waals surface area contributed by atoms with Crippen LogP contribution in [0.25, 0.3) is 0 Å². The first kappa shape index (κ1) is 13.3. The SMILES string of the molecule is CCN1CCC(CNc2cnc(C)c(C)n2)CC1. The molecule has 0 aromatic carbocycles. The first-order valence-corrected chi connectivity index (χ1v) is 6.95. The van der Waals surface area contributed by atoms with Crippen molar-refractivity contribution in [2.75, 3.05) is 31.5 Å². The van der Waals surface area contributed by atoms with Crippen molar-refractivity contribution < 1.29 is 0 Å². The Balaban J connectivity index is 1.79. The van der Waals surface area contributed by atoms with Gasteiger partial charge in [-0.2, -0.15) is 0 Å². The predicted octanol–water partition coefficient (Wildman–Crippen LogP) is 2.24. The van der Waals surface area contributed by atoms with Gasteiger partial charge < -0.3 is 10.2 Å². The summed E-state index contributed by atoms with van der Waals surface area (Å²) in [6.45, 7) is 10.9. The summed E-state index contributed by atoms with van der Waals surface area (Å²) >= 11 is 0. The third-order valence-electron chi connectivity index (χ3n) is 3.92. The van der Waals surface area contributed by atoms with Crippen LogP contribution in [-0.2, 0) is 0 Å². The lowest BCUT2D eigenvalue weighted by molar-refractivity contribution is 0.198. The molecule has 1 N–H and O–H groups in total. The van der Waals surface area contributed by atoms with Gasteiger partial charge >= 0.3 is 0 Å². The van der Waals surface area contributed by atoms with Gasteiger partial charge in [-0.3, -0.25) is 4.98 Å². The molecular formula is C14H24N4. The van der Waals surface area contributed by atoms with E-state index in [0.29, 0.717) is 0 Å². The zero-order chi connectivity index (χ0) is 13.0. The number of anilines is 1. The second kappa shape index (κ2) is 6.14. The molecule has 0 spiro atoms. The molecule has 2 rings (SSSR count). The average molecular weight is 248 g/mol. The van der Waals surface area contributed by atoms with E-state index >= 15 is 0 Å². The summed E-state index contributed by atoms with van der Waals surface area (Å²) < 4.78 is 0. The summed E-state index contributed by atoms with van der Waals surface area (Å²) in [4.78, 5) is 11.4. The zero-order valence-electron chi connectivity index (χ0n) is 11.7. The van der Waals surface area contributed by atoms with E-state index in [9.17, 15) is 0 Å². The highest BCUT2D eigenvalue weighted by Crippen LogP contribution is 2.17. The van der Waals surface area contributed by atoms with Crippen molar-refractivity contribution in [3.8, 4) is 0 Å². The van der Waals surface area contributed by atoms with Crippen LogP contribution in [0.5, 0.6) is 0 Å². The number of likely N-dealkylation sites (tertiary alicyclic amines) is 1. The Morgan fingerprint density at radius 1 is 1.28 bits per heavy atom. The number of hydrogen-bond donors (Lipinski definition) is 1. The molecule has 0 atom stereocenters. The maximum atomic E-state index is 4.50. The van der Waals surface area contributed by atoms with E-state index in [2.05, 4.69) is 27.1 Å². The number of nitrogens with one attached hydrogen (secondary N) is 1. The van der Waals surface area contributed by atoms with E-state index in [4.69, 9.17) is 0 Å². The molecule has 1 aromatic heterocycles. The van der Waals surface area contributed by atoms with E-state index in [-0.39, 0.29) is 0 Å². The summed E-state index contributed by atoms with van der Waals surface area (Å²) in [5, 5.41) is 3.42. The lowest BCUT2D eigenvalue weighted by Crippen LogP contribution is -2.35. The largest absolute Gasteiger partial charge is 0.369 e. The number of aryl methyl sites for hydroxylation is 2. The van der Waals surface area contributed by atoms with Crippen molar-refractivity contribution in [2.45, 2.75) is 33.6 Å². The molecular weight excluding hydrogens is 224 g/mol. The van der Waals surface area contributed by atoms with Crippen molar-refractivity contribution in [1.82, 2.24) is 14.9 Å². The molecule has 2 heterocycles. The van der Waals surface area contributed by atoms with Gasteiger partial charge in [-0.25, -0.2) is 4.98 Å². The van der Waals surface area contributed by atoms with Crippen molar-refractivity contribution >= 4 is 5.82 Å².